The van der Waals surface area contributed by atoms with Crippen molar-refractivity contribution in [2.24, 2.45) is 0 Å². The summed E-state index contributed by atoms with van der Waals surface area (Å²) < 4.78 is 0. The number of hydrogen-bond donors (Lipinski definition) is 0. The van der Waals surface area contributed by atoms with Crippen LogP contribution in [0.5, 0.6) is 0 Å². The predicted octanol–water partition coefficient (Wildman–Crippen LogP) is 2.44. The van der Waals surface area contributed by atoms with Gasteiger partial charge in [-0.2, -0.15) is 0 Å². The van der Waals surface area contributed by atoms with Crippen molar-refractivity contribution >= 4 is 15.9 Å². The van der Waals surface area contributed by atoms with Crippen molar-refractivity contribution in [3.05, 3.63) is 0 Å². The smallest absolute Gasteiger partial charge is 0.0145 e. The summed E-state index contributed by atoms with van der Waals surface area (Å²) >= 11 is 3.54. The second-order valence-corrected chi connectivity index (χ2v) is 3.18. The van der Waals surface area contributed by atoms with Gasteiger partial charge in [0.05, 0.1) is 0 Å². The van der Waals surface area contributed by atoms with Crippen molar-refractivity contribution in [1.82, 2.24) is 0 Å². The van der Waals surface area contributed by atoms with Gasteiger partial charge in [-0.05, 0) is 12.8 Å². The summed E-state index contributed by atoms with van der Waals surface area (Å²) in [6.45, 7) is 0. The van der Waals surface area contributed by atoms with Crippen LogP contribution in [0, 0.1) is 0 Å². The van der Waals surface area contributed by atoms with Crippen LogP contribution in [0.1, 0.15) is 27.1 Å². The molecule has 1 aliphatic rings. The fourth-order valence-electron chi connectivity index (χ4n) is 0.876. The lowest BCUT2D eigenvalue weighted by atomic mass is 10.4. The van der Waals surface area contributed by atoms with Crippen LogP contribution in [-0.4, -0.2) is 4.83 Å². The summed E-state index contributed by atoms with van der Waals surface area (Å²) in [7, 11) is 0. The molecule has 0 atom stereocenters. The Morgan fingerprint density at radius 1 is 1.33 bits per heavy atom. The van der Waals surface area contributed by atoms with Crippen LogP contribution in [-0.2, 0) is 0 Å². The quantitative estimate of drug-likeness (QED) is 0.466. The van der Waals surface area contributed by atoms with Gasteiger partial charge in [0.2, 0.25) is 0 Å². The van der Waals surface area contributed by atoms with E-state index in [2.05, 4.69) is 15.9 Å². The third-order valence-electron chi connectivity index (χ3n) is 1.28. The van der Waals surface area contributed by atoms with Crippen LogP contribution in [0.3, 0.4) is 0 Å². The number of hydrogen-bond acceptors (Lipinski definition) is 0. The monoisotopic (exact) mass is 150 g/mol. The molecule has 0 aromatic rings. The summed E-state index contributed by atoms with van der Waals surface area (Å²) in [6.07, 6.45) is 5.69. The minimum Gasteiger partial charge on any atom is -0.0891 e. The molecule has 0 N–H and O–H groups in total. The Labute approximate surface area is 48.5 Å². The van der Waals surface area contributed by atoms with Crippen LogP contribution in [0.4, 0.5) is 0 Å². The molecule has 37 valence electrons. The molecular formula is C5H10Br. The van der Waals surface area contributed by atoms with Gasteiger partial charge in [0.25, 0.3) is 0 Å². The average Bonchev–Trinajstić information content (AvgIpc) is 1.86. The first-order chi connectivity index (χ1) is 2.89. The molecule has 0 bridgehead atoms. The molecule has 0 aliphatic heterocycles. The molecule has 1 rings (SSSR count). The van der Waals surface area contributed by atoms with Crippen LogP contribution in [0.25, 0.3) is 0 Å². The van der Waals surface area contributed by atoms with Gasteiger partial charge < -0.3 is 0 Å². The molecule has 1 fully saturated rings. The highest BCUT2D eigenvalue weighted by atomic mass is 79.9. The van der Waals surface area contributed by atoms with E-state index in [1.807, 2.05) is 0 Å². The summed E-state index contributed by atoms with van der Waals surface area (Å²) in [4.78, 5) is 0.859. The first-order valence-corrected chi connectivity index (χ1v) is 3.45. The minimum atomic E-state index is 0. The highest BCUT2D eigenvalue weighted by molar-refractivity contribution is 9.09. The minimum absolute atomic E-state index is 0. The zero-order valence-electron chi connectivity index (χ0n) is 4.78. The summed E-state index contributed by atoms with van der Waals surface area (Å²) in [5.41, 5.74) is 0. The van der Waals surface area contributed by atoms with Crippen LogP contribution in [0.2, 0.25) is 0 Å². The molecule has 1 aliphatic carbocycles. The highest BCUT2D eigenvalue weighted by Crippen LogP contribution is 2.23. The van der Waals surface area contributed by atoms with E-state index in [4.69, 9.17) is 0 Å². The van der Waals surface area contributed by atoms with Crippen molar-refractivity contribution < 1.29 is 1.43 Å². The molecule has 1 saturated carbocycles. The third-order valence-corrected chi connectivity index (χ3v) is 2.20. The first kappa shape index (κ1) is 4.63. The fraction of sp³-hybridized carbons (Fsp3) is 1.00. The standard InChI is InChI=1S/C5H9Br.H/c6-5-3-1-2-4-5;/h5H,1-4H2;/i;1+1. The molecular weight excluding hydrogens is 140 g/mol. The maximum absolute atomic E-state index is 3.54. The molecule has 0 aromatic carbocycles. The van der Waals surface area contributed by atoms with Crippen molar-refractivity contribution in [2.45, 2.75) is 30.5 Å². The molecule has 1 heteroatoms. The molecule has 0 saturated heterocycles. The average molecular weight is 151 g/mol. The number of alkyl halides is 1. The largest absolute Gasteiger partial charge is 0.0891 e. The van der Waals surface area contributed by atoms with Gasteiger partial charge in [-0.15, -0.1) is 0 Å². The maximum Gasteiger partial charge on any atom is 0.0145 e. The van der Waals surface area contributed by atoms with Gasteiger partial charge in [0, 0.05) is 6.25 Å². The fourth-order valence-corrected chi connectivity index (χ4v) is 1.52. The van der Waals surface area contributed by atoms with Gasteiger partial charge in [-0.25, -0.2) is 0 Å². The van der Waals surface area contributed by atoms with Gasteiger partial charge in [-0.3, -0.25) is 0 Å². The molecule has 0 amide bonds. The van der Waals surface area contributed by atoms with Gasteiger partial charge in [-0.1, -0.05) is 28.8 Å². The highest BCUT2D eigenvalue weighted by Gasteiger charge is 2.09. The molecule has 0 heterocycles. The molecule has 0 unspecified atom stereocenters. The van der Waals surface area contributed by atoms with E-state index in [0.29, 0.717) is 0 Å². The molecule has 1 radical (unpaired) electrons. The zero-order chi connectivity index (χ0) is 4.41. The van der Waals surface area contributed by atoms with E-state index < -0.39 is 0 Å². The molecule has 0 spiro atoms. The summed E-state index contributed by atoms with van der Waals surface area (Å²) in [5, 5.41) is 0. The van der Waals surface area contributed by atoms with E-state index in [-0.39, 0.29) is 1.43 Å². The Balaban J connectivity index is 0.000000360. The van der Waals surface area contributed by atoms with Crippen molar-refractivity contribution in [3.63, 3.8) is 0 Å². The second kappa shape index (κ2) is 1.97. The third kappa shape index (κ3) is 0.970. The van der Waals surface area contributed by atoms with Crippen molar-refractivity contribution in [1.29, 1.82) is 0 Å². The van der Waals surface area contributed by atoms with Crippen LogP contribution >= 0.6 is 15.9 Å². The SMILES string of the molecule is BrC1CCCC1.[2H]. The topological polar surface area (TPSA) is 0 Å². The first-order valence-electron chi connectivity index (χ1n) is 2.53. The maximum atomic E-state index is 3.54. The Bertz CT molecular complexity index is 41.3. The Morgan fingerprint density at radius 3 is 2.00 bits per heavy atom. The van der Waals surface area contributed by atoms with Gasteiger partial charge in [0.15, 0.2) is 0 Å². The Hall–Kier alpha value is 0.480. The Kier molecular flexibility index (Phi) is 1.52. The van der Waals surface area contributed by atoms with Gasteiger partial charge >= 0.3 is 0 Å². The summed E-state index contributed by atoms with van der Waals surface area (Å²) in [5.74, 6) is 0. The zero-order valence-corrected chi connectivity index (χ0v) is 5.37. The van der Waals surface area contributed by atoms with E-state index in [1.54, 1.807) is 0 Å². The van der Waals surface area contributed by atoms with E-state index in [0.717, 1.165) is 4.83 Å². The number of halogens is 1. The lowest BCUT2D eigenvalue weighted by Gasteiger charge is -1.88. The second-order valence-electron chi connectivity index (χ2n) is 1.88. The van der Waals surface area contributed by atoms with Gasteiger partial charge in [0.1, 0.15) is 0 Å². The van der Waals surface area contributed by atoms with Crippen LogP contribution in [0.15, 0.2) is 0 Å². The summed E-state index contributed by atoms with van der Waals surface area (Å²) in [6, 6.07) is 0. The lowest BCUT2D eigenvalue weighted by molar-refractivity contribution is 0.886. The molecule has 6 heavy (non-hydrogen) atoms. The van der Waals surface area contributed by atoms with E-state index in [9.17, 15) is 0 Å². The molecule has 0 aromatic heterocycles. The Morgan fingerprint density at radius 2 is 1.83 bits per heavy atom. The van der Waals surface area contributed by atoms with E-state index >= 15 is 0 Å². The normalized spacial score (nSPS) is 25.5. The molecule has 0 nitrogen and oxygen atoms in total. The van der Waals surface area contributed by atoms with Crippen molar-refractivity contribution in [3.8, 4) is 0 Å². The predicted molar refractivity (Wildman–Crippen MR) is 32.3 cm³/mol. The number of rotatable bonds is 0. The lowest BCUT2D eigenvalue weighted by Crippen LogP contribution is -1.81. The van der Waals surface area contributed by atoms with E-state index in [1.165, 1.54) is 25.7 Å². The van der Waals surface area contributed by atoms with Crippen molar-refractivity contribution in [2.75, 3.05) is 0 Å². The van der Waals surface area contributed by atoms with Crippen LogP contribution < -0.4 is 0 Å².